The molecule has 0 amide bonds. The number of benzene rings is 1. The van der Waals surface area contributed by atoms with Crippen LogP contribution in [0.4, 0.5) is 10.1 Å². The van der Waals surface area contributed by atoms with Crippen LogP contribution in [0.5, 0.6) is 0 Å². The largest absolute Gasteiger partial charge is 0.474 e. The van der Waals surface area contributed by atoms with E-state index < -0.39 is 5.97 Å². The molecule has 0 aliphatic heterocycles. The van der Waals surface area contributed by atoms with Crippen molar-refractivity contribution in [2.24, 2.45) is 0 Å². The van der Waals surface area contributed by atoms with Crippen molar-refractivity contribution >= 4 is 17.4 Å². The van der Waals surface area contributed by atoms with Crippen LogP contribution < -0.4 is 5.32 Å². The van der Waals surface area contributed by atoms with Crippen molar-refractivity contribution in [2.45, 2.75) is 6.92 Å². The Hall–Kier alpha value is -2.01. The molecule has 1 aromatic carbocycles. The van der Waals surface area contributed by atoms with Crippen LogP contribution in [-0.4, -0.2) is 16.8 Å². The molecular weight excluding hydrogens is 211 g/mol. The summed E-state index contributed by atoms with van der Waals surface area (Å²) >= 11 is 0. The van der Waals surface area contributed by atoms with Crippen LogP contribution in [0, 0.1) is 11.2 Å². The molecule has 4 nitrogen and oxygen atoms in total. The molecule has 4 N–H and O–H groups in total. The average Bonchev–Trinajstić information content (AvgIpc) is 2.19. The third-order valence-electron chi connectivity index (χ3n) is 1.81. The number of carboxylic acids is 1. The second-order valence-electron chi connectivity index (χ2n) is 3.28. The summed E-state index contributed by atoms with van der Waals surface area (Å²) in [5, 5.41) is 17.5. The molecule has 16 heavy (non-hydrogen) atoms. The van der Waals surface area contributed by atoms with Gasteiger partial charge in [-0.3, -0.25) is 5.32 Å². The molecule has 0 saturated carbocycles. The van der Waals surface area contributed by atoms with Crippen LogP contribution in [-0.2, 0) is 4.79 Å². The van der Waals surface area contributed by atoms with Crippen LogP contribution in [0.2, 0.25) is 0 Å². The Labute approximate surface area is 91.9 Å². The third-order valence-corrected chi connectivity index (χ3v) is 1.81. The number of nitrogens with two attached hydrogens (primary N) is 1. The first-order valence-corrected chi connectivity index (χ1v) is 4.59. The van der Waals surface area contributed by atoms with Gasteiger partial charge in [-0.1, -0.05) is 0 Å². The lowest BCUT2D eigenvalue weighted by Gasteiger charge is -2.00. The fraction of sp³-hybridized carbons (Fsp3) is 0.0909. The molecule has 0 spiro atoms. The van der Waals surface area contributed by atoms with Gasteiger partial charge in [-0.25, -0.2) is 9.18 Å². The number of nitrogens with one attached hydrogen (secondary N) is 1. The summed E-state index contributed by atoms with van der Waals surface area (Å²) in [6.07, 6.45) is 1.24. The first-order valence-electron chi connectivity index (χ1n) is 4.59. The maximum Gasteiger partial charge on any atom is 0.390 e. The number of hydrogen-bond donors (Lipinski definition) is 3. The highest BCUT2D eigenvalue weighted by Gasteiger charge is 2.13. The zero-order chi connectivity index (χ0) is 12.1. The zero-order valence-corrected chi connectivity index (χ0v) is 8.70. The predicted molar refractivity (Wildman–Crippen MR) is 57.1 cm³/mol. The third kappa shape index (κ3) is 3.62. The Bertz CT molecular complexity index is 438. The summed E-state index contributed by atoms with van der Waals surface area (Å²) in [6, 6.07) is 5.46. The smallest absolute Gasteiger partial charge is 0.390 e. The van der Waals surface area contributed by atoms with Gasteiger partial charge in [-0.05, 0) is 19.1 Å². The molecule has 0 aliphatic carbocycles. The summed E-state index contributed by atoms with van der Waals surface area (Å²) in [5.74, 6) is -1.49. The van der Waals surface area contributed by atoms with E-state index in [1.807, 2.05) is 0 Å². The normalized spacial score (nSPS) is 11.2. The first-order chi connectivity index (χ1) is 7.49. The van der Waals surface area contributed by atoms with Crippen molar-refractivity contribution in [3.8, 4) is 0 Å². The minimum atomic E-state index is -1.11. The fourth-order valence-corrected chi connectivity index (χ4v) is 1.14. The van der Waals surface area contributed by atoms with Crippen molar-refractivity contribution in [3.05, 3.63) is 41.9 Å². The maximum atomic E-state index is 12.6. The number of allylic oxidation sites excluding steroid dienone is 1. The van der Waals surface area contributed by atoms with E-state index in [2.05, 4.69) is 0 Å². The summed E-state index contributed by atoms with van der Waals surface area (Å²) in [6.45, 7) is 1.49. The summed E-state index contributed by atoms with van der Waals surface area (Å²) in [5.41, 5.74) is 0.728. The van der Waals surface area contributed by atoms with E-state index in [0.717, 1.165) is 0 Å². The maximum absolute atomic E-state index is 12.6. The van der Waals surface area contributed by atoms with Crippen LogP contribution in [0.15, 0.2) is 36.0 Å². The molecule has 1 rings (SSSR count). The van der Waals surface area contributed by atoms with Gasteiger partial charge in [0.25, 0.3) is 0 Å². The second-order valence-corrected chi connectivity index (χ2v) is 3.28. The van der Waals surface area contributed by atoms with Crippen LogP contribution in [0.1, 0.15) is 6.92 Å². The second kappa shape index (κ2) is 5.18. The van der Waals surface area contributed by atoms with Gasteiger partial charge in [-0.2, -0.15) is 0 Å². The lowest BCUT2D eigenvalue weighted by molar-refractivity contribution is -0.512. The standard InChI is InChI=1S/C11H11FN2O2/c1-7(13)6-10(11(15)16)14-9-4-2-8(12)3-5-9/h2-6,13-14H,1H3,(H,15,16)/p+1/b10-6-,13-7?. The van der Waals surface area contributed by atoms with Gasteiger partial charge in [0, 0.05) is 23.9 Å². The molecule has 0 atom stereocenters. The number of quaternary nitrogens is 1. The Kier molecular flexibility index (Phi) is 3.90. The minimum Gasteiger partial charge on any atom is -0.474 e. The summed E-state index contributed by atoms with van der Waals surface area (Å²) in [7, 11) is 0. The Morgan fingerprint density at radius 3 is 2.44 bits per heavy atom. The quantitative estimate of drug-likeness (QED) is 0.405. The molecule has 1 aromatic rings. The Morgan fingerprint density at radius 2 is 2.00 bits per heavy atom. The van der Waals surface area contributed by atoms with Crippen molar-refractivity contribution in [3.63, 3.8) is 0 Å². The molecule has 0 bridgehead atoms. The highest BCUT2D eigenvalue weighted by molar-refractivity contribution is 5.97. The minimum absolute atomic E-state index is 0.000826. The van der Waals surface area contributed by atoms with Gasteiger partial charge in [-0.15, -0.1) is 0 Å². The van der Waals surface area contributed by atoms with Crippen LogP contribution in [0.25, 0.3) is 0 Å². The zero-order valence-electron chi connectivity index (χ0n) is 8.70. The van der Waals surface area contributed by atoms with E-state index >= 15 is 0 Å². The molecule has 0 heterocycles. The number of carbonyl (C=O) groups is 1. The molecule has 0 saturated heterocycles. The van der Waals surface area contributed by atoms with E-state index in [4.69, 9.17) is 10.5 Å². The number of rotatable bonds is 4. The fourth-order valence-electron chi connectivity index (χ4n) is 1.14. The summed E-state index contributed by atoms with van der Waals surface area (Å²) < 4.78 is 12.6. The molecular formula is C11H12FN2O2+. The average molecular weight is 223 g/mol. The highest BCUT2D eigenvalue weighted by atomic mass is 19.1. The van der Waals surface area contributed by atoms with Gasteiger partial charge in [0.1, 0.15) is 11.5 Å². The predicted octanol–water partition coefficient (Wildman–Crippen LogP) is 1.03. The Balaban J connectivity index is 2.88. The summed E-state index contributed by atoms with van der Waals surface area (Å²) in [4.78, 5) is 10.8. The molecule has 0 aromatic heterocycles. The topological polar surface area (TPSA) is 77.8 Å². The van der Waals surface area contributed by atoms with Crippen molar-refractivity contribution < 1.29 is 19.6 Å². The molecule has 84 valence electrons. The van der Waals surface area contributed by atoms with Crippen molar-refractivity contribution in [2.75, 3.05) is 0 Å². The molecule has 0 aliphatic rings. The SMILES string of the molecule is CC(=N)/C=C(\[NH2+]c1ccc(F)cc1)C(=O)O. The molecule has 5 heteroatoms. The Morgan fingerprint density at radius 1 is 1.44 bits per heavy atom. The number of carboxylic acid groups (broad SMARTS) is 1. The molecule has 0 unspecified atom stereocenters. The van der Waals surface area contributed by atoms with E-state index in [1.165, 1.54) is 42.6 Å². The monoisotopic (exact) mass is 223 g/mol. The van der Waals surface area contributed by atoms with E-state index in [1.54, 1.807) is 0 Å². The molecule has 0 radical (unpaired) electrons. The highest BCUT2D eigenvalue weighted by Crippen LogP contribution is 2.02. The van der Waals surface area contributed by atoms with Crippen molar-refractivity contribution in [1.29, 1.82) is 5.41 Å². The van der Waals surface area contributed by atoms with Gasteiger partial charge in [0.2, 0.25) is 5.70 Å². The van der Waals surface area contributed by atoms with Crippen molar-refractivity contribution in [1.82, 2.24) is 0 Å². The number of aliphatic carboxylic acids is 1. The van der Waals surface area contributed by atoms with Gasteiger partial charge in [0.15, 0.2) is 0 Å². The van der Waals surface area contributed by atoms with Crippen LogP contribution >= 0.6 is 0 Å². The first kappa shape index (κ1) is 12.1. The van der Waals surface area contributed by atoms with E-state index in [0.29, 0.717) is 5.69 Å². The van der Waals surface area contributed by atoms with Gasteiger partial charge < -0.3 is 10.5 Å². The van der Waals surface area contributed by atoms with Crippen LogP contribution in [0.3, 0.4) is 0 Å². The molecule has 0 fully saturated rings. The van der Waals surface area contributed by atoms with E-state index in [9.17, 15) is 9.18 Å². The van der Waals surface area contributed by atoms with Gasteiger partial charge >= 0.3 is 5.97 Å². The lowest BCUT2D eigenvalue weighted by atomic mass is 10.2. The van der Waals surface area contributed by atoms with Gasteiger partial charge in [0.05, 0.1) is 0 Å². The number of halogens is 1. The lowest BCUT2D eigenvalue weighted by Crippen LogP contribution is -2.77. The number of hydrogen-bond acceptors (Lipinski definition) is 2. The van der Waals surface area contributed by atoms with E-state index in [-0.39, 0.29) is 17.2 Å².